The molecule has 1 amide bonds. The van der Waals surface area contributed by atoms with Gasteiger partial charge in [0.15, 0.2) is 0 Å². The van der Waals surface area contributed by atoms with E-state index in [-0.39, 0.29) is 5.91 Å². The van der Waals surface area contributed by atoms with Gasteiger partial charge >= 0.3 is 0 Å². The summed E-state index contributed by atoms with van der Waals surface area (Å²) >= 11 is 0. The average Bonchev–Trinajstić information content (AvgIpc) is 3.29. The zero-order valence-electron chi connectivity index (χ0n) is 12.0. The van der Waals surface area contributed by atoms with Crippen LogP contribution in [0.25, 0.3) is 0 Å². The van der Waals surface area contributed by atoms with Crippen LogP contribution < -0.4 is 10.6 Å². The second-order valence-corrected chi connectivity index (χ2v) is 6.63. The van der Waals surface area contributed by atoms with Crippen molar-refractivity contribution < 1.29 is 4.79 Å². The predicted octanol–water partition coefficient (Wildman–Crippen LogP) is 0.975. The summed E-state index contributed by atoms with van der Waals surface area (Å²) in [4.78, 5) is 14.5. The molecule has 1 unspecified atom stereocenters. The molecule has 0 aromatic rings. The number of piperidine rings is 1. The van der Waals surface area contributed by atoms with Gasteiger partial charge < -0.3 is 10.6 Å². The molecule has 0 spiro atoms. The van der Waals surface area contributed by atoms with Crippen LogP contribution in [0.5, 0.6) is 0 Å². The molecule has 1 atom stereocenters. The van der Waals surface area contributed by atoms with E-state index in [9.17, 15) is 4.79 Å². The van der Waals surface area contributed by atoms with Gasteiger partial charge in [-0.25, -0.2) is 0 Å². The Morgan fingerprint density at radius 2 is 1.89 bits per heavy atom. The lowest BCUT2D eigenvalue weighted by Crippen LogP contribution is -2.49. The topological polar surface area (TPSA) is 44.4 Å². The molecule has 4 nitrogen and oxygen atoms in total. The molecule has 2 N–H and O–H groups in total. The number of nitrogens with one attached hydrogen (secondary N) is 2. The fourth-order valence-corrected chi connectivity index (χ4v) is 3.40. The summed E-state index contributed by atoms with van der Waals surface area (Å²) in [5.41, 5.74) is 0. The first-order valence-electron chi connectivity index (χ1n) is 7.95. The van der Waals surface area contributed by atoms with Gasteiger partial charge in [0, 0.05) is 18.6 Å². The Kier molecular flexibility index (Phi) is 4.08. The smallest absolute Gasteiger partial charge is 0.234 e. The van der Waals surface area contributed by atoms with E-state index in [4.69, 9.17) is 0 Å². The van der Waals surface area contributed by atoms with E-state index in [0.717, 1.165) is 24.9 Å². The monoisotopic (exact) mass is 265 g/mol. The highest BCUT2D eigenvalue weighted by Crippen LogP contribution is 2.44. The largest absolute Gasteiger partial charge is 0.352 e. The normalized spacial score (nSPS) is 28.6. The van der Waals surface area contributed by atoms with Crippen molar-refractivity contribution in [2.75, 3.05) is 26.7 Å². The maximum atomic E-state index is 12.2. The molecule has 19 heavy (non-hydrogen) atoms. The molecule has 0 bridgehead atoms. The Labute approximate surface area is 116 Å². The number of amides is 1. The molecule has 2 saturated carbocycles. The minimum Gasteiger partial charge on any atom is -0.352 e. The fraction of sp³-hybridized carbons (Fsp3) is 0.933. The maximum absolute atomic E-state index is 12.2. The van der Waals surface area contributed by atoms with Crippen molar-refractivity contribution in [2.45, 2.75) is 50.6 Å². The summed E-state index contributed by atoms with van der Waals surface area (Å²) in [6.07, 6.45) is 7.74. The number of hydrogen-bond acceptors (Lipinski definition) is 3. The van der Waals surface area contributed by atoms with Crippen LogP contribution in [-0.4, -0.2) is 49.6 Å². The van der Waals surface area contributed by atoms with Gasteiger partial charge in [-0.3, -0.25) is 9.69 Å². The number of carbonyl (C=O) groups is 1. The molecule has 1 aliphatic heterocycles. The van der Waals surface area contributed by atoms with Crippen LogP contribution in [0, 0.1) is 11.8 Å². The number of likely N-dealkylation sites (tertiary alicyclic amines) is 1. The fourth-order valence-electron chi connectivity index (χ4n) is 3.40. The molecule has 0 aromatic carbocycles. The van der Waals surface area contributed by atoms with Crippen LogP contribution >= 0.6 is 0 Å². The SMILES string of the molecule is CNC1CCCN(CC(=O)NC(C2CC2)C2CC2)C1. The van der Waals surface area contributed by atoms with Crippen LogP contribution in [0.15, 0.2) is 0 Å². The van der Waals surface area contributed by atoms with Gasteiger partial charge in [0.05, 0.1) is 6.54 Å². The van der Waals surface area contributed by atoms with Crippen molar-refractivity contribution in [3.05, 3.63) is 0 Å². The predicted molar refractivity (Wildman–Crippen MR) is 75.9 cm³/mol. The maximum Gasteiger partial charge on any atom is 0.234 e. The van der Waals surface area contributed by atoms with Crippen molar-refractivity contribution in [1.82, 2.24) is 15.5 Å². The molecule has 1 saturated heterocycles. The van der Waals surface area contributed by atoms with Gasteiger partial charge in [0.2, 0.25) is 5.91 Å². The Balaban J connectivity index is 1.44. The molecule has 3 rings (SSSR count). The molecule has 3 fully saturated rings. The highest BCUT2D eigenvalue weighted by Gasteiger charge is 2.42. The molecular formula is C15H27N3O. The van der Waals surface area contributed by atoms with E-state index in [1.54, 1.807) is 0 Å². The second kappa shape index (κ2) is 5.80. The summed E-state index contributed by atoms with van der Waals surface area (Å²) in [5, 5.41) is 6.65. The third-order valence-electron chi connectivity index (χ3n) is 4.87. The summed E-state index contributed by atoms with van der Waals surface area (Å²) < 4.78 is 0. The van der Waals surface area contributed by atoms with E-state index in [1.165, 1.54) is 38.5 Å². The van der Waals surface area contributed by atoms with E-state index in [1.807, 2.05) is 7.05 Å². The number of rotatable bonds is 6. The zero-order chi connectivity index (χ0) is 13.2. The van der Waals surface area contributed by atoms with Crippen molar-refractivity contribution >= 4 is 5.91 Å². The van der Waals surface area contributed by atoms with Crippen LogP contribution in [0.2, 0.25) is 0 Å². The number of hydrogen-bond donors (Lipinski definition) is 2. The molecule has 2 aliphatic carbocycles. The Bertz CT molecular complexity index is 313. The summed E-state index contributed by atoms with van der Waals surface area (Å²) in [7, 11) is 2.02. The standard InChI is InChI=1S/C15H27N3O/c1-16-13-3-2-8-18(9-13)10-14(19)17-15(11-4-5-11)12-6-7-12/h11-13,15-16H,2-10H2,1H3,(H,17,19). The lowest BCUT2D eigenvalue weighted by Gasteiger charge is -2.32. The number of likely N-dealkylation sites (N-methyl/N-ethyl adjacent to an activating group) is 1. The first-order valence-corrected chi connectivity index (χ1v) is 7.95. The minimum atomic E-state index is 0.251. The van der Waals surface area contributed by atoms with Gasteiger partial charge in [-0.15, -0.1) is 0 Å². The van der Waals surface area contributed by atoms with Crippen molar-refractivity contribution in [3.63, 3.8) is 0 Å². The quantitative estimate of drug-likeness (QED) is 0.752. The van der Waals surface area contributed by atoms with Crippen molar-refractivity contribution in [1.29, 1.82) is 0 Å². The number of carbonyl (C=O) groups excluding carboxylic acids is 1. The van der Waals surface area contributed by atoms with Gasteiger partial charge in [-0.05, 0) is 64.0 Å². The first kappa shape index (κ1) is 13.4. The van der Waals surface area contributed by atoms with Crippen LogP contribution in [-0.2, 0) is 4.79 Å². The average molecular weight is 265 g/mol. The highest BCUT2D eigenvalue weighted by atomic mass is 16.2. The summed E-state index contributed by atoms with van der Waals surface area (Å²) in [6, 6.07) is 1.06. The lowest BCUT2D eigenvalue weighted by atomic mass is 10.1. The lowest BCUT2D eigenvalue weighted by molar-refractivity contribution is -0.123. The third-order valence-corrected chi connectivity index (χ3v) is 4.87. The van der Waals surface area contributed by atoms with Gasteiger partial charge in [0.1, 0.15) is 0 Å². The molecule has 108 valence electrons. The minimum absolute atomic E-state index is 0.251. The van der Waals surface area contributed by atoms with Gasteiger partial charge in [-0.1, -0.05) is 0 Å². The van der Waals surface area contributed by atoms with E-state index >= 15 is 0 Å². The highest BCUT2D eigenvalue weighted by molar-refractivity contribution is 5.78. The van der Waals surface area contributed by atoms with E-state index in [2.05, 4.69) is 15.5 Å². The Morgan fingerprint density at radius 3 is 2.47 bits per heavy atom. The van der Waals surface area contributed by atoms with Crippen LogP contribution in [0.1, 0.15) is 38.5 Å². The summed E-state index contributed by atoms with van der Waals surface area (Å²) in [6.45, 7) is 2.68. The van der Waals surface area contributed by atoms with Crippen molar-refractivity contribution in [3.8, 4) is 0 Å². The zero-order valence-corrected chi connectivity index (χ0v) is 12.0. The molecule has 4 heteroatoms. The van der Waals surface area contributed by atoms with Gasteiger partial charge in [-0.2, -0.15) is 0 Å². The molecular weight excluding hydrogens is 238 g/mol. The third kappa shape index (κ3) is 3.69. The molecule has 0 radical (unpaired) electrons. The van der Waals surface area contributed by atoms with E-state index < -0.39 is 0 Å². The van der Waals surface area contributed by atoms with Crippen LogP contribution in [0.4, 0.5) is 0 Å². The molecule has 0 aromatic heterocycles. The second-order valence-electron chi connectivity index (χ2n) is 6.63. The molecule has 1 heterocycles. The summed E-state index contributed by atoms with van der Waals surface area (Å²) in [5.74, 6) is 1.84. The van der Waals surface area contributed by atoms with E-state index in [0.29, 0.717) is 18.6 Å². The van der Waals surface area contributed by atoms with Gasteiger partial charge in [0.25, 0.3) is 0 Å². The molecule has 3 aliphatic rings. The Morgan fingerprint density at radius 1 is 1.21 bits per heavy atom. The first-order chi connectivity index (χ1) is 9.26. The van der Waals surface area contributed by atoms with Crippen molar-refractivity contribution in [2.24, 2.45) is 11.8 Å². The van der Waals surface area contributed by atoms with Crippen LogP contribution in [0.3, 0.4) is 0 Å². The Hall–Kier alpha value is -0.610. The number of nitrogens with zero attached hydrogens (tertiary/aromatic N) is 1.